The summed E-state index contributed by atoms with van der Waals surface area (Å²) in [6.07, 6.45) is 0.764. The summed E-state index contributed by atoms with van der Waals surface area (Å²) in [6, 6.07) is 7.02. The van der Waals surface area contributed by atoms with Crippen LogP contribution in [0.25, 0.3) is 0 Å². The highest BCUT2D eigenvalue weighted by molar-refractivity contribution is 6.06. The number of hydrogen-bond acceptors (Lipinski definition) is 6. The van der Waals surface area contributed by atoms with Gasteiger partial charge in [-0.1, -0.05) is 13.8 Å². The zero-order valence-electron chi connectivity index (χ0n) is 21.1. The number of aliphatic carboxylic acids is 1. The smallest absolute Gasteiger partial charge is 0.323 e. The highest BCUT2D eigenvalue weighted by atomic mass is 19.1. The maximum absolute atomic E-state index is 15.3. The zero-order chi connectivity index (χ0) is 26.2. The molecule has 0 bridgehead atoms. The molecule has 0 saturated heterocycles. The summed E-state index contributed by atoms with van der Waals surface area (Å²) in [5.74, 6) is -1.53. The Hall–Kier alpha value is -3.62. The van der Waals surface area contributed by atoms with Crippen molar-refractivity contribution in [2.24, 2.45) is 0 Å². The molecule has 0 saturated carbocycles. The molecule has 8 nitrogen and oxygen atoms in total. The third-order valence-electron chi connectivity index (χ3n) is 6.83. The van der Waals surface area contributed by atoms with E-state index in [1.54, 1.807) is 36.9 Å². The van der Waals surface area contributed by atoms with Crippen LogP contribution in [0.5, 0.6) is 11.5 Å². The van der Waals surface area contributed by atoms with Gasteiger partial charge in [0.05, 0.1) is 25.3 Å². The number of nitrogens with one attached hydrogen (secondary N) is 1. The molecular formula is C27H32FN3O5. The van der Waals surface area contributed by atoms with Crippen molar-refractivity contribution in [1.82, 2.24) is 4.90 Å². The molecule has 2 aliphatic heterocycles. The van der Waals surface area contributed by atoms with E-state index in [9.17, 15) is 14.7 Å². The average Bonchev–Trinajstić information content (AvgIpc) is 3.13. The molecule has 0 atom stereocenters. The second-order valence-corrected chi connectivity index (χ2v) is 9.73. The summed E-state index contributed by atoms with van der Waals surface area (Å²) in [6.45, 7) is 8.97. The topological polar surface area (TPSA) is 103 Å². The van der Waals surface area contributed by atoms with Crippen molar-refractivity contribution < 1.29 is 28.6 Å². The predicted octanol–water partition coefficient (Wildman–Crippen LogP) is 4.22. The molecule has 2 heterocycles. The monoisotopic (exact) mass is 497 g/mol. The number of carbonyl (C=O) groups is 2. The van der Waals surface area contributed by atoms with Gasteiger partial charge in [-0.15, -0.1) is 0 Å². The number of ketones is 1. The van der Waals surface area contributed by atoms with Gasteiger partial charge in [-0.05, 0) is 61.1 Å². The standard InChI is InChI=1S/C27H32FN3O5/c1-5-35-21-12-17-13-31(26(29)23(17)24(28)25(21)36-6-2)14-20(32)16-7-8-19-18(11-16)27(3,4)9-10-30(19)15-22(33)34/h7-8,11-12,29H,5-6,9-10,13-15H2,1-4H3,(H,33,34). The first-order valence-corrected chi connectivity index (χ1v) is 12.2. The van der Waals surface area contributed by atoms with Crippen molar-refractivity contribution in [1.29, 1.82) is 5.41 Å². The molecule has 0 unspecified atom stereocenters. The van der Waals surface area contributed by atoms with Gasteiger partial charge in [-0.3, -0.25) is 15.0 Å². The van der Waals surface area contributed by atoms with E-state index in [0.717, 1.165) is 17.7 Å². The van der Waals surface area contributed by atoms with Crippen molar-refractivity contribution in [2.75, 3.05) is 37.7 Å². The molecule has 9 heteroatoms. The molecule has 0 spiro atoms. The lowest BCUT2D eigenvalue weighted by Crippen LogP contribution is -2.40. The SMILES string of the molecule is CCOc1cc2c(c(F)c1OCC)C(=N)N(CC(=O)c1ccc3c(c1)C(C)(C)CCN3CC(=O)O)C2. The van der Waals surface area contributed by atoms with Crippen LogP contribution in [0, 0.1) is 11.2 Å². The summed E-state index contributed by atoms with van der Waals surface area (Å²) in [5.41, 5.74) is 2.72. The number of rotatable bonds is 9. The molecule has 2 aromatic carbocycles. The number of nitrogens with zero attached hydrogens (tertiary/aromatic N) is 2. The van der Waals surface area contributed by atoms with Gasteiger partial charge in [0.1, 0.15) is 12.4 Å². The number of Topliss-reactive ketones (excluding diaryl/α,β-unsaturated/α-hetero) is 1. The Bertz CT molecular complexity index is 1230. The number of carbonyl (C=O) groups excluding carboxylic acids is 1. The second-order valence-electron chi connectivity index (χ2n) is 9.73. The van der Waals surface area contributed by atoms with Crippen LogP contribution in [0.3, 0.4) is 0 Å². The minimum absolute atomic E-state index is 0.0149. The molecule has 36 heavy (non-hydrogen) atoms. The third-order valence-corrected chi connectivity index (χ3v) is 6.83. The van der Waals surface area contributed by atoms with Gasteiger partial charge in [0.15, 0.2) is 23.1 Å². The lowest BCUT2D eigenvalue weighted by molar-refractivity contribution is -0.135. The number of amidine groups is 1. The second kappa shape index (κ2) is 9.79. The fourth-order valence-electron chi connectivity index (χ4n) is 4.95. The first-order valence-electron chi connectivity index (χ1n) is 12.2. The van der Waals surface area contributed by atoms with Crippen molar-refractivity contribution >= 4 is 23.3 Å². The lowest BCUT2D eigenvalue weighted by Gasteiger charge is -2.39. The normalized spacial score (nSPS) is 16.0. The number of ether oxygens (including phenoxy) is 2. The highest BCUT2D eigenvalue weighted by Gasteiger charge is 2.35. The van der Waals surface area contributed by atoms with E-state index in [-0.39, 0.29) is 54.6 Å². The van der Waals surface area contributed by atoms with E-state index >= 15 is 4.39 Å². The Labute approximate surface area is 210 Å². The van der Waals surface area contributed by atoms with Crippen LogP contribution in [0.4, 0.5) is 10.1 Å². The number of fused-ring (bicyclic) bond motifs is 2. The molecule has 2 aromatic rings. The number of benzene rings is 2. The summed E-state index contributed by atoms with van der Waals surface area (Å²) in [7, 11) is 0. The molecule has 192 valence electrons. The molecule has 0 fully saturated rings. The molecule has 0 amide bonds. The zero-order valence-corrected chi connectivity index (χ0v) is 21.1. The van der Waals surface area contributed by atoms with Gasteiger partial charge in [0, 0.05) is 24.3 Å². The van der Waals surface area contributed by atoms with Gasteiger partial charge >= 0.3 is 5.97 Å². The highest BCUT2D eigenvalue weighted by Crippen LogP contribution is 2.41. The minimum Gasteiger partial charge on any atom is -0.490 e. The molecule has 0 aliphatic carbocycles. The van der Waals surface area contributed by atoms with Crippen molar-refractivity contribution in [2.45, 2.75) is 46.1 Å². The molecule has 0 aromatic heterocycles. The van der Waals surface area contributed by atoms with Crippen molar-refractivity contribution in [3.05, 3.63) is 52.3 Å². The van der Waals surface area contributed by atoms with E-state index in [2.05, 4.69) is 13.8 Å². The number of carboxylic acids is 1. The number of carboxylic acid groups (broad SMARTS) is 1. The van der Waals surface area contributed by atoms with E-state index in [4.69, 9.17) is 14.9 Å². The lowest BCUT2D eigenvalue weighted by atomic mass is 9.77. The quantitative estimate of drug-likeness (QED) is 0.500. The molecule has 4 rings (SSSR count). The molecule has 0 radical (unpaired) electrons. The fraction of sp³-hybridized carbons (Fsp3) is 0.444. The Morgan fingerprint density at radius 1 is 1.11 bits per heavy atom. The van der Waals surface area contributed by atoms with Crippen LogP contribution in [0.1, 0.15) is 61.2 Å². The van der Waals surface area contributed by atoms with Crippen LogP contribution in [-0.2, 0) is 16.8 Å². The van der Waals surface area contributed by atoms with E-state index < -0.39 is 11.8 Å². The predicted molar refractivity (Wildman–Crippen MR) is 134 cm³/mol. The summed E-state index contributed by atoms with van der Waals surface area (Å²) < 4.78 is 26.3. The summed E-state index contributed by atoms with van der Waals surface area (Å²) in [5, 5.41) is 17.8. The molecule has 2 aliphatic rings. The van der Waals surface area contributed by atoms with Crippen molar-refractivity contribution in [3.8, 4) is 11.5 Å². The summed E-state index contributed by atoms with van der Waals surface area (Å²) >= 11 is 0. The summed E-state index contributed by atoms with van der Waals surface area (Å²) in [4.78, 5) is 28.0. The maximum atomic E-state index is 15.3. The van der Waals surface area contributed by atoms with Crippen LogP contribution in [-0.4, -0.2) is 60.4 Å². The first kappa shape index (κ1) is 25.5. The van der Waals surface area contributed by atoms with Gasteiger partial charge in [0.2, 0.25) is 0 Å². The first-order chi connectivity index (χ1) is 17.1. The Balaban J connectivity index is 1.59. The van der Waals surface area contributed by atoms with Crippen LogP contribution in [0.15, 0.2) is 24.3 Å². The van der Waals surface area contributed by atoms with E-state index in [1.165, 1.54) is 0 Å². The molecule has 2 N–H and O–H groups in total. The number of anilines is 1. The van der Waals surface area contributed by atoms with Crippen LogP contribution >= 0.6 is 0 Å². The largest absolute Gasteiger partial charge is 0.490 e. The minimum atomic E-state index is -0.903. The van der Waals surface area contributed by atoms with E-state index in [1.807, 2.05) is 11.0 Å². The van der Waals surface area contributed by atoms with Gasteiger partial charge in [-0.25, -0.2) is 4.39 Å². The van der Waals surface area contributed by atoms with Crippen LogP contribution in [0.2, 0.25) is 0 Å². The van der Waals surface area contributed by atoms with Gasteiger partial charge in [0.25, 0.3) is 0 Å². The number of hydrogen-bond donors (Lipinski definition) is 2. The third kappa shape index (κ3) is 4.62. The molecular weight excluding hydrogens is 465 g/mol. The van der Waals surface area contributed by atoms with Gasteiger partial charge in [-0.2, -0.15) is 0 Å². The Morgan fingerprint density at radius 3 is 2.50 bits per heavy atom. The van der Waals surface area contributed by atoms with Gasteiger partial charge < -0.3 is 24.4 Å². The Kier molecular flexibility index (Phi) is 6.93. The average molecular weight is 498 g/mol. The van der Waals surface area contributed by atoms with E-state index in [0.29, 0.717) is 30.0 Å². The van der Waals surface area contributed by atoms with Crippen LogP contribution < -0.4 is 14.4 Å². The Morgan fingerprint density at radius 2 is 1.83 bits per heavy atom. The maximum Gasteiger partial charge on any atom is 0.323 e. The van der Waals surface area contributed by atoms with Crippen molar-refractivity contribution in [3.63, 3.8) is 0 Å². The number of halogens is 1. The fourth-order valence-corrected chi connectivity index (χ4v) is 4.95.